The van der Waals surface area contributed by atoms with Crippen LogP contribution in [0.2, 0.25) is 0 Å². The number of aromatic nitrogens is 1. The van der Waals surface area contributed by atoms with Crippen LogP contribution in [0, 0.1) is 5.41 Å². The normalized spacial score (nSPS) is 13.2. The quantitative estimate of drug-likeness (QED) is 0.839. The van der Waals surface area contributed by atoms with E-state index in [9.17, 15) is 0 Å². The fourth-order valence-electron chi connectivity index (χ4n) is 1.54. The van der Waals surface area contributed by atoms with Gasteiger partial charge in [-0.15, -0.1) is 0 Å². The van der Waals surface area contributed by atoms with E-state index in [1.165, 1.54) is 0 Å². The van der Waals surface area contributed by atoms with Gasteiger partial charge in [-0.25, -0.2) is 4.98 Å². The lowest BCUT2D eigenvalue weighted by Gasteiger charge is -2.36. The van der Waals surface area contributed by atoms with E-state index < -0.39 is 0 Å². The molecule has 0 fully saturated rings. The molecular formula is C13H21N3S. The summed E-state index contributed by atoms with van der Waals surface area (Å²) in [5, 5.41) is 0. The summed E-state index contributed by atoms with van der Waals surface area (Å²) in [4.78, 5) is 6.96. The molecule has 0 aliphatic heterocycles. The van der Waals surface area contributed by atoms with Crippen LogP contribution in [0.15, 0.2) is 18.2 Å². The number of anilines is 1. The summed E-state index contributed by atoms with van der Waals surface area (Å²) in [6.45, 7) is 8.83. The van der Waals surface area contributed by atoms with Gasteiger partial charge in [0.15, 0.2) is 0 Å². The molecule has 1 unspecified atom stereocenters. The Morgan fingerprint density at radius 2 is 2.00 bits per heavy atom. The SMILES string of the molecule is CC(N(C)c1cccc(C(N)=S)n1)C(C)(C)C. The number of hydrogen-bond donors (Lipinski definition) is 1. The van der Waals surface area contributed by atoms with Crippen molar-refractivity contribution in [3.63, 3.8) is 0 Å². The molecule has 94 valence electrons. The van der Waals surface area contributed by atoms with Crippen molar-refractivity contribution in [3.8, 4) is 0 Å². The molecule has 4 heteroatoms. The first-order valence-electron chi connectivity index (χ1n) is 5.73. The fraction of sp³-hybridized carbons (Fsp3) is 0.538. The number of rotatable bonds is 3. The molecule has 0 bridgehead atoms. The van der Waals surface area contributed by atoms with Crippen LogP contribution < -0.4 is 10.6 Å². The van der Waals surface area contributed by atoms with E-state index >= 15 is 0 Å². The van der Waals surface area contributed by atoms with Crippen molar-refractivity contribution in [2.24, 2.45) is 11.1 Å². The van der Waals surface area contributed by atoms with Crippen molar-refractivity contribution in [2.45, 2.75) is 33.7 Å². The van der Waals surface area contributed by atoms with E-state index in [0.717, 1.165) is 5.82 Å². The molecule has 0 spiro atoms. The molecule has 0 aromatic carbocycles. The van der Waals surface area contributed by atoms with Crippen molar-refractivity contribution < 1.29 is 0 Å². The standard InChI is InChI=1S/C13H21N3S/c1-9(13(2,3)4)16(5)11-8-6-7-10(15-11)12(14)17/h6-9H,1-5H3,(H2,14,17). The molecule has 0 saturated heterocycles. The zero-order chi connectivity index (χ0) is 13.2. The molecule has 17 heavy (non-hydrogen) atoms. The van der Waals surface area contributed by atoms with E-state index in [1.54, 1.807) is 0 Å². The molecule has 2 N–H and O–H groups in total. The topological polar surface area (TPSA) is 42.1 Å². The van der Waals surface area contributed by atoms with Crippen LogP contribution in [-0.2, 0) is 0 Å². The van der Waals surface area contributed by atoms with E-state index in [2.05, 4.69) is 37.6 Å². The van der Waals surface area contributed by atoms with E-state index in [0.29, 0.717) is 16.7 Å². The first-order chi connectivity index (χ1) is 7.73. The summed E-state index contributed by atoms with van der Waals surface area (Å²) in [5.74, 6) is 0.901. The third-order valence-corrected chi connectivity index (χ3v) is 3.39. The Morgan fingerprint density at radius 1 is 1.41 bits per heavy atom. The number of hydrogen-bond acceptors (Lipinski definition) is 3. The minimum absolute atomic E-state index is 0.190. The molecule has 1 aromatic rings. The van der Waals surface area contributed by atoms with Gasteiger partial charge < -0.3 is 10.6 Å². The number of pyridine rings is 1. The minimum Gasteiger partial charge on any atom is -0.388 e. The highest BCUT2D eigenvalue weighted by atomic mass is 32.1. The molecule has 1 atom stereocenters. The molecule has 0 saturated carbocycles. The zero-order valence-corrected chi connectivity index (χ0v) is 12.0. The molecule has 1 rings (SSSR count). The van der Waals surface area contributed by atoms with Crippen LogP contribution in [-0.4, -0.2) is 23.1 Å². The van der Waals surface area contributed by atoms with Crippen LogP contribution in [0.1, 0.15) is 33.4 Å². The summed E-state index contributed by atoms with van der Waals surface area (Å²) in [6.07, 6.45) is 0. The summed E-state index contributed by atoms with van der Waals surface area (Å²) >= 11 is 4.94. The Labute approximate surface area is 109 Å². The minimum atomic E-state index is 0.190. The zero-order valence-electron chi connectivity index (χ0n) is 11.2. The molecule has 0 aliphatic carbocycles. The second-order valence-electron chi connectivity index (χ2n) is 5.40. The Bertz CT molecular complexity index is 409. The van der Waals surface area contributed by atoms with Gasteiger partial charge in [0.1, 0.15) is 10.8 Å². The maximum absolute atomic E-state index is 5.60. The summed E-state index contributed by atoms with van der Waals surface area (Å²) in [7, 11) is 2.04. The van der Waals surface area contributed by atoms with Gasteiger partial charge in [0.2, 0.25) is 0 Å². The Morgan fingerprint density at radius 3 is 2.47 bits per heavy atom. The molecular weight excluding hydrogens is 230 g/mol. The molecule has 3 nitrogen and oxygen atoms in total. The van der Waals surface area contributed by atoms with Crippen molar-refractivity contribution in [3.05, 3.63) is 23.9 Å². The third kappa shape index (κ3) is 3.40. The number of thiocarbonyl (C=S) groups is 1. The lowest BCUT2D eigenvalue weighted by molar-refractivity contribution is 0.328. The molecule has 0 aliphatic rings. The molecule has 1 heterocycles. The third-order valence-electron chi connectivity index (χ3n) is 3.18. The second kappa shape index (κ2) is 5.00. The fourth-order valence-corrected chi connectivity index (χ4v) is 1.65. The summed E-state index contributed by atoms with van der Waals surface area (Å²) < 4.78 is 0. The Hall–Kier alpha value is -1.16. The summed E-state index contributed by atoms with van der Waals surface area (Å²) in [5.41, 5.74) is 6.46. The Balaban J connectivity index is 3.00. The highest BCUT2D eigenvalue weighted by molar-refractivity contribution is 7.80. The average molecular weight is 251 g/mol. The maximum Gasteiger partial charge on any atom is 0.129 e. The van der Waals surface area contributed by atoms with Gasteiger partial charge in [0.05, 0.1) is 5.69 Å². The number of nitrogens with two attached hydrogens (primary N) is 1. The van der Waals surface area contributed by atoms with Crippen LogP contribution >= 0.6 is 12.2 Å². The predicted molar refractivity (Wildman–Crippen MR) is 77.4 cm³/mol. The Kier molecular flexibility index (Phi) is 4.09. The molecule has 0 amide bonds. The van der Waals surface area contributed by atoms with Gasteiger partial charge in [0.25, 0.3) is 0 Å². The van der Waals surface area contributed by atoms with Gasteiger partial charge >= 0.3 is 0 Å². The van der Waals surface area contributed by atoms with Crippen molar-refractivity contribution in [1.29, 1.82) is 0 Å². The van der Waals surface area contributed by atoms with Crippen LogP contribution in [0.5, 0.6) is 0 Å². The van der Waals surface area contributed by atoms with Crippen LogP contribution in [0.25, 0.3) is 0 Å². The van der Waals surface area contributed by atoms with E-state index in [-0.39, 0.29) is 5.41 Å². The van der Waals surface area contributed by atoms with Gasteiger partial charge in [-0.05, 0) is 24.5 Å². The van der Waals surface area contributed by atoms with Crippen molar-refractivity contribution in [1.82, 2.24) is 4.98 Å². The molecule has 1 aromatic heterocycles. The monoisotopic (exact) mass is 251 g/mol. The number of nitrogens with zero attached hydrogens (tertiary/aromatic N) is 2. The predicted octanol–water partition coefficient (Wildman–Crippen LogP) is 2.59. The lowest BCUT2D eigenvalue weighted by atomic mass is 9.87. The van der Waals surface area contributed by atoms with E-state index in [1.807, 2.05) is 25.2 Å². The second-order valence-corrected chi connectivity index (χ2v) is 5.84. The largest absolute Gasteiger partial charge is 0.388 e. The first-order valence-corrected chi connectivity index (χ1v) is 6.14. The summed E-state index contributed by atoms with van der Waals surface area (Å²) in [6, 6.07) is 6.12. The van der Waals surface area contributed by atoms with Gasteiger partial charge in [-0.3, -0.25) is 0 Å². The maximum atomic E-state index is 5.60. The van der Waals surface area contributed by atoms with Crippen molar-refractivity contribution >= 4 is 23.0 Å². The lowest BCUT2D eigenvalue weighted by Crippen LogP contribution is -2.40. The average Bonchev–Trinajstić information content (AvgIpc) is 2.26. The highest BCUT2D eigenvalue weighted by Gasteiger charge is 2.24. The van der Waals surface area contributed by atoms with E-state index in [4.69, 9.17) is 18.0 Å². The van der Waals surface area contributed by atoms with Gasteiger partial charge in [-0.2, -0.15) is 0 Å². The van der Waals surface area contributed by atoms with Crippen LogP contribution in [0.3, 0.4) is 0 Å². The smallest absolute Gasteiger partial charge is 0.129 e. The highest BCUT2D eigenvalue weighted by Crippen LogP contribution is 2.26. The van der Waals surface area contributed by atoms with Crippen molar-refractivity contribution in [2.75, 3.05) is 11.9 Å². The molecule has 0 radical (unpaired) electrons. The first kappa shape index (κ1) is 13.9. The van der Waals surface area contributed by atoms with Gasteiger partial charge in [0, 0.05) is 13.1 Å². The van der Waals surface area contributed by atoms with Crippen LogP contribution in [0.4, 0.5) is 5.82 Å². The van der Waals surface area contributed by atoms with Gasteiger partial charge in [-0.1, -0.05) is 39.1 Å².